The summed E-state index contributed by atoms with van der Waals surface area (Å²) >= 11 is 6.32. The Balaban J connectivity index is 1.50. The van der Waals surface area contributed by atoms with E-state index in [4.69, 9.17) is 16.3 Å². The van der Waals surface area contributed by atoms with Crippen molar-refractivity contribution in [3.8, 4) is 0 Å². The van der Waals surface area contributed by atoms with Gasteiger partial charge in [-0.25, -0.2) is 9.86 Å². The van der Waals surface area contributed by atoms with Crippen molar-refractivity contribution in [2.45, 2.75) is 95.7 Å². The molecule has 0 radical (unpaired) electrons. The third-order valence-electron chi connectivity index (χ3n) is 8.82. The zero-order valence-electron chi connectivity index (χ0n) is 24.9. The highest BCUT2D eigenvalue weighted by atomic mass is 35.5. The summed E-state index contributed by atoms with van der Waals surface area (Å²) in [4.78, 5) is 39.2. The molecule has 4 rings (SSSR count). The van der Waals surface area contributed by atoms with Crippen molar-refractivity contribution >= 4 is 29.5 Å². The Morgan fingerprint density at radius 3 is 2.38 bits per heavy atom. The van der Waals surface area contributed by atoms with E-state index >= 15 is 0 Å². The van der Waals surface area contributed by atoms with Crippen LogP contribution >= 0.6 is 11.6 Å². The summed E-state index contributed by atoms with van der Waals surface area (Å²) in [6.45, 7) is 6.22. The van der Waals surface area contributed by atoms with Crippen LogP contribution in [0.3, 0.4) is 0 Å². The van der Waals surface area contributed by atoms with Crippen LogP contribution in [-0.2, 0) is 19.7 Å². The standard InChI is InChI=1S/C33H44ClN3O5/c1-22(19-25-17-18-37(41)31(25)39)35-30(38)28(20-23-11-6-4-7-12-23)42-32(40)36-29(24-13-8-5-9-14-24)33(2,3)26-15-10-16-27(34)21-26/h5,8-10,13-16,21-23,25,28-29,41H,4,6-7,11-12,17-20H2,1-3H3,(H,35,38)(H,36,40)/t22-,25-,28-,29?/m0/s1. The Hall–Kier alpha value is -3.10. The lowest BCUT2D eigenvalue weighted by atomic mass is 9.75. The van der Waals surface area contributed by atoms with Crippen LogP contribution in [0.4, 0.5) is 4.79 Å². The summed E-state index contributed by atoms with van der Waals surface area (Å²) in [6.07, 6.45) is 5.17. The molecular weight excluding hydrogens is 554 g/mol. The summed E-state index contributed by atoms with van der Waals surface area (Å²) < 4.78 is 5.93. The lowest BCUT2D eigenvalue weighted by molar-refractivity contribution is -0.160. The molecule has 2 aliphatic rings. The highest BCUT2D eigenvalue weighted by Crippen LogP contribution is 2.38. The van der Waals surface area contributed by atoms with E-state index in [0.717, 1.165) is 41.9 Å². The van der Waals surface area contributed by atoms with E-state index in [2.05, 4.69) is 10.6 Å². The van der Waals surface area contributed by atoms with Gasteiger partial charge in [0.05, 0.1) is 6.04 Å². The molecule has 42 heavy (non-hydrogen) atoms. The number of ether oxygens (including phenoxy) is 1. The van der Waals surface area contributed by atoms with Crippen LogP contribution in [0.2, 0.25) is 5.02 Å². The maximum Gasteiger partial charge on any atom is 0.408 e. The summed E-state index contributed by atoms with van der Waals surface area (Å²) in [5.41, 5.74) is 1.30. The van der Waals surface area contributed by atoms with E-state index in [-0.39, 0.29) is 23.8 Å². The third-order valence-corrected chi connectivity index (χ3v) is 9.05. The monoisotopic (exact) mass is 597 g/mol. The van der Waals surface area contributed by atoms with Gasteiger partial charge in [0.25, 0.3) is 5.91 Å². The molecule has 4 atom stereocenters. The second kappa shape index (κ2) is 14.4. The van der Waals surface area contributed by atoms with Crippen LogP contribution < -0.4 is 10.6 Å². The predicted octanol–water partition coefficient (Wildman–Crippen LogP) is 6.56. The zero-order valence-corrected chi connectivity index (χ0v) is 25.6. The fourth-order valence-electron chi connectivity index (χ4n) is 6.36. The first-order chi connectivity index (χ1) is 20.0. The van der Waals surface area contributed by atoms with E-state index in [1.165, 1.54) is 6.42 Å². The fraction of sp³-hybridized carbons (Fsp3) is 0.545. The second-order valence-electron chi connectivity index (χ2n) is 12.4. The Morgan fingerprint density at radius 2 is 1.74 bits per heavy atom. The smallest absolute Gasteiger partial charge is 0.408 e. The average molecular weight is 598 g/mol. The van der Waals surface area contributed by atoms with E-state index in [0.29, 0.717) is 36.7 Å². The molecule has 228 valence electrons. The summed E-state index contributed by atoms with van der Waals surface area (Å²) in [7, 11) is 0. The predicted molar refractivity (Wildman–Crippen MR) is 162 cm³/mol. The number of hydrogen-bond acceptors (Lipinski definition) is 5. The molecular formula is C33H44ClN3O5. The van der Waals surface area contributed by atoms with E-state index in [1.807, 2.05) is 75.4 Å². The lowest BCUT2D eigenvalue weighted by Crippen LogP contribution is -2.47. The highest BCUT2D eigenvalue weighted by molar-refractivity contribution is 6.30. The molecule has 1 saturated carbocycles. The molecule has 2 aromatic rings. The minimum absolute atomic E-state index is 0.296. The minimum Gasteiger partial charge on any atom is -0.436 e. The van der Waals surface area contributed by atoms with Gasteiger partial charge in [-0.1, -0.05) is 100 Å². The molecule has 1 aliphatic heterocycles. The zero-order chi connectivity index (χ0) is 30.3. The summed E-state index contributed by atoms with van der Waals surface area (Å²) in [6, 6.07) is 16.5. The van der Waals surface area contributed by atoms with Crippen LogP contribution in [0.5, 0.6) is 0 Å². The second-order valence-corrected chi connectivity index (χ2v) is 12.9. The largest absolute Gasteiger partial charge is 0.436 e. The van der Waals surface area contributed by atoms with Gasteiger partial charge in [0.15, 0.2) is 6.10 Å². The number of halogens is 1. The van der Waals surface area contributed by atoms with Crippen LogP contribution in [0.15, 0.2) is 54.6 Å². The molecule has 2 fully saturated rings. The first-order valence-electron chi connectivity index (χ1n) is 15.1. The van der Waals surface area contributed by atoms with Crippen molar-refractivity contribution in [1.82, 2.24) is 15.7 Å². The number of amides is 3. The number of carbonyl (C=O) groups excluding carboxylic acids is 3. The highest BCUT2D eigenvalue weighted by Gasteiger charge is 2.37. The Kier molecular flexibility index (Phi) is 10.9. The van der Waals surface area contributed by atoms with Crippen LogP contribution in [0, 0.1) is 11.8 Å². The fourth-order valence-corrected chi connectivity index (χ4v) is 6.55. The quantitative estimate of drug-likeness (QED) is 0.254. The van der Waals surface area contributed by atoms with E-state index in [9.17, 15) is 19.6 Å². The third kappa shape index (κ3) is 8.26. The van der Waals surface area contributed by atoms with Gasteiger partial charge in [0.2, 0.25) is 5.91 Å². The minimum atomic E-state index is -0.963. The SMILES string of the molecule is C[C@@H](C[C@@H]1CCN(O)C1=O)NC(=O)[C@H](CC1CCCCC1)OC(=O)NC(c1ccccc1)C(C)(C)c1cccc(Cl)c1. The molecule has 0 spiro atoms. The van der Waals surface area contributed by atoms with Crippen molar-refractivity contribution in [2.24, 2.45) is 11.8 Å². The van der Waals surface area contributed by atoms with Crippen LogP contribution in [-0.4, -0.2) is 46.9 Å². The van der Waals surface area contributed by atoms with Gasteiger partial charge in [0, 0.05) is 28.9 Å². The van der Waals surface area contributed by atoms with Gasteiger partial charge in [0.1, 0.15) is 0 Å². The molecule has 3 amide bonds. The first kappa shape index (κ1) is 31.8. The maximum atomic E-state index is 13.6. The van der Waals surface area contributed by atoms with Crippen molar-refractivity contribution in [3.63, 3.8) is 0 Å². The number of hydrogen-bond donors (Lipinski definition) is 3. The Labute approximate surface area is 254 Å². The van der Waals surface area contributed by atoms with Crippen molar-refractivity contribution in [3.05, 3.63) is 70.7 Å². The molecule has 8 nitrogen and oxygen atoms in total. The summed E-state index contributed by atoms with van der Waals surface area (Å²) in [5, 5.41) is 17.1. The molecule has 3 N–H and O–H groups in total. The molecule has 0 aromatic heterocycles. The first-order valence-corrected chi connectivity index (χ1v) is 15.5. The molecule has 1 aliphatic carbocycles. The van der Waals surface area contributed by atoms with Crippen LogP contribution in [0.1, 0.15) is 89.3 Å². The van der Waals surface area contributed by atoms with Crippen molar-refractivity contribution in [2.75, 3.05) is 6.54 Å². The molecule has 0 bridgehead atoms. The molecule has 2 aromatic carbocycles. The van der Waals surface area contributed by atoms with E-state index < -0.39 is 23.7 Å². The molecule has 1 heterocycles. The molecule has 1 unspecified atom stereocenters. The molecule has 1 saturated heterocycles. The number of nitrogens with one attached hydrogen (secondary N) is 2. The van der Waals surface area contributed by atoms with Crippen molar-refractivity contribution in [1.29, 1.82) is 0 Å². The van der Waals surface area contributed by atoms with Gasteiger partial charge < -0.3 is 15.4 Å². The number of rotatable bonds is 11. The van der Waals surface area contributed by atoms with Gasteiger partial charge in [-0.05, 0) is 55.4 Å². The summed E-state index contributed by atoms with van der Waals surface area (Å²) in [5.74, 6) is -0.726. The Bertz CT molecular complexity index is 1220. The Morgan fingerprint density at radius 1 is 1.02 bits per heavy atom. The molecule has 9 heteroatoms. The van der Waals surface area contributed by atoms with E-state index in [1.54, 1.807) is 0 Å². The van der Waals surface area contributed by atoms with Crippen LogP contribution in [0.25, 0.3) is 0 Å². The van der Waals surface area contributed by atoms with Gasteiger partial charge in [-0.3, -0.25) is 14.8 Å². The number of alkyl carbamates (subject to hydrolysis) is 1. The van der Waals surface area contributed by atoms with Gasteiger partial charge in [-0.15, -0.1) is 0 Å². The average Bonchev–Trinajstić information content (AvgIpc) is 3.28. The number of hydroxylamine groups is 2. The number of carbonyl (C=O) groups is 3. The van der Waals surface area contributed by atoms with Gasteiger partial charge >= 0.3 is 6.09 Å². The topological polar surface area (TPSA) is 108 Å². The van der Waals surface area contributed by atoms with Gasteiger partial charge in [-0.2, -0.15) is 0 Å². The van der Waals surface area contributed by atoms with Crippen molar-refractivity contribution < 1.29 is 24.3 Å². The number of benzene rings is 2. The normalized spacial score (nSPS) is 20.1. The lowest BCUT2D eigenvalue weighted by Gasteiger charge is -2.36. The number of nitrogens with zero attached hydrogens (tertiary/aromatic N) is 1. The maximum absolute atomic E-state index is 13.6.